The van der Waals surface area contributed by atoms with E-state index in [4.69, 9.17) is 0 Å². The molecule has 0 aliphatic carbocycles. The third-order valence-corrected chi connectivity index (χ3v) is 4.12. The molecule has 0 spiro atoms. The standard InChI is InChI=1S/C13H25N5S.HI/c1-13(2,19-4)11-16-12(14-3)15-7-5-9-18-10-6-8-17-18;/h6,8,10H,5,7,9,11H2,1-4H3,(H2,14,15,16);1H. The molecule has 20 heavy (non-hydrogen) atoms. The molecule has 0 saturated heterocycles. The number of nitrogens with zero attached hydrogens (tertiary/aromatic N) is 3. The highest BCUT2D eigenvalue weighted by Gasteiger charge is 2.15. The molecule has 1 rings (SSSR count). The molecule has 7 heteroatoms. The van der Waals surface area contributed by atoms with E-state index in [9.17, 15) is 0 Å². The summed E-state index contributed by atoms with van der Waals surface area (Å²) in [6.07, 6.45) is 6.93. The van der Waals surface area contributed by atoms with E-state index in [1.807, 2.05) is 28.7 Å². The van der Waals surface area contributed by atoms with E-state index in [0.717, 1.165) is 32.0 Å². The second-order valence-corrected chi connectivity index (χ2v) is 6.45. The monoisotopic (exact) mass is 411 g/mol. The highest BCUT2D eigenvalue weighted by molar-refractivity contribution is 14.0. The molecule has 0 saturated carbocycles. The Labute approximate surface area is 143 Å². The van der Waals surface area contributed by atoms with Crippen molar-refractivity contribution in [3.63, 3.8) is 0 Å². The zero-order chi connectivity index (χ0) is 14.1. The molecule has 1 aromatic heterocycles. The van der Waals surface area contributed by atoms with Crippen molar-refractivity contribution in [2.75, 3.05) is 26.4 Å². The number of aryl methyl sites for hydroxylation is 1. The minimum Gasteiger partial charge on any atom is -0.356 e. The van der Waals surface area contributed by atoms with Gasteiger partial charge in [-0.1, -0.05) is 0 Å². The van der Waals surface area contributed by atoms with Crippen molar-refractivity contribution in [3.8, 4) is 0 Å². The van der Waals surface area contributed by atoms with Gasteiger partial charge < -0.3 is 10.6 Å². The SMILES string of the molecule is CN=C(NCCCn1cccn1)NCC(C)(C)SC.I. The Hall–Kier alpha value is -0.440. The van der Waals surface area contributed by atoms with Crippen LogP contribution in [0.1, 0.15) is 20.3 Å². The lowest BCUT2D eigenvalue weighted by Crippen LogP contribution is -2.43. The maximum atomic E-state index is 4.22. The van der Waals surface area contributed by atoms with Gasteiger partial charge in [0.15, 0.2) is 5.96 Å². The van der Waals surface area contributed by atoms with Crippen LogP contribution >= 0.6 is 35.7 Å². The smallest absolute Gasteiger partial charge is 0.191 e. The first-order valence-electron chi connectivity index (χ1n) is 6.54. The summed E-state index contributed by atoms with van der Waals surface area (Å²) in [5.41, 5.74) is 0. The van der Waals surface area contributed by atoms with Gasteiger partial charge in [0.1, 0.15) is 0 Å². The zero-order valence-corrected chi connectivity index (χ0v) is 15.9. The van der Waals surface area contributed by atoms with Gasteiger partial charge >= 0.3 is 0 Å². The zero-order valence-electron chi connectivity index (χ0n) is 12.7. The summed E-state index contributed by atoms with van der Waals surface area (Å²) in [6.45, 7) is 7.14. The molecule has 0 fully saturated rings. The summed E-state index contributed by atoms with van der Waals surface area (Å²) in [5.74, 6) is 0.864. The number of aromatic nitrogens is 2. The number of nitrogens with one attached hydrogen (secondary N) is 2. The second kappa shape index (κ2) is 10.3. The first-order chi connectivity index (χ1) is 9.07. The van der Waals surface area contributed by atoms with Gasteiger partial charge in [-0.05, 0) is 32.6 Å². The second-order valence-electron chi connectivity index (χ2n) is 4.94. The quantitative estimate of drug-likeness (QED) is 0.313. The van der Waals surface area contributed by atoms with Crippen LogP contribution in [0.5, 0.6) is 0 Å². The van der Waals surface area contributed by atoms with Crippen LogP contribution in [-0.2, 0) is 6.54 Å². The van der Waals surface area contributed by atoms with Gasteiger partial charge in [-0.2, -0.15) is 16.9 Å². The summed E-state index contributed by atoms with van der Waals surface area (Å²) in [7, 11) is 1.80. The lowest BCUT2D eigenvalue weighted by molar-refractivity contribution is 0.568. The van der Waals surface area contributed by atoms with Gasteiger partial charge in [0.2, 0.25) is 0 Å². The van der Waals surface area contributed by atoms with Crippen LogP contribution in [0.3, 0.4) is 0 Å². The van der Waals surface area contributed by atoms with Crippen LogP contribution in [-0.4, -0.2) is 46.9 Å². The number of rotatable bonds is 7. The summed E-state index contributed by atoms with van der Waals surface area (Å²) >= 11 is 1.85. The molecule has 2 N–H and O–H groups in total. The predicted octanol–water partition coefficient (Wildman–Crippen LogP) is 2.20. The lowest BCUT2D eigenvalue weighted by atomic mass is 10.2. The molecular weight excluding hydrogens is 385 g/mol. The number of halogens is 1. The van der Waals surface area contributed by atoms with E-state index in [2.05, 4.69) is 40.8 Å². The average Bonchev–Trinajstić information content (AvgIpc) is 2.91. The third kappa shape index (κ3) is 7.98. The normalized spacial score (nSPS) is 11.9. The molecular formula is C13H26IN5S. The van der Waals surface area contributed by atoms with Crippen molar-refractivity contribution in [2.24, 2.45) is 4.99 Å². The molecule has 0 bridgehead atoms. The Morgan fingerprint density at radius 2 is 2.15 bits per heavy atom. The van der Waals surface area contributed by atoms with Crippen LogP contribution in [0.25, 0.3) is 0 Å². The highest BCUT2D eigenvalue weighted by Crippen LogP contribution is 2.19. The van der Waals surface area contributed by atoms with Gasteiger partial charge in [-0.15, -0.1) is 24.0 Å². The number of aliphatic imine (C=N–C) groups is 1. The largest absolute Gasteiger partial charge is 0.356 e. The molecule has 0 atom stereocenters. The van der Waals surface area contributed by atoms with E-state index < -0.39 is 0 Å². The number of guanidine groups is 1. The van der Waals surface area contributed by atoms with Crippen LogP contribution in [0, 0.1) is 0 Å². The van der Waals surface area contributed by atoms with E-state index in [1.165, 1.54) is 0 Å². The Kier molecular flexibility index (Phi) is 10.1. The van der Waals surface area contributed by atoms with Crippen molar-refractivity contribution in [2.45, 2.75) is 31.6 Å². The van der Waals surface area contributed by atoms with Gasteiger partial charge in [-0.25, -0.2) is 0 Å². The van der Waals surface area contributed by atoms with Gasteiger partial charge in [-0.3, -0.25) is 9.67 Å². The maximum Gasteiger partial charge on any atom is 0.191 e. The van der Waals surface area contributed by atoms with Gasteiger partial charge in [0, 0.05) is 43.8 Å². The Bertz CT molecular complexity index is 378. The van der Waals surface area contributed by atoms with Crippen molar-refractivity contribution < 1.29 is 0 Å². The summed E-state index contributed by atoms with van der Waals surface area (Å²) < 4.78 is 2.15. The molecule has 0 unspecified atom stereocenters. The predicted molar refractivity (Wildman–Crippen MR) is 99.2 cm³/mol. The molecule has 0 aliphatic heterocycles. The molecule has 0 aromatic carbocycles. The molecule has 1 heterocycles. The van der Waals surface area contributed by atoms with Crippen LogP contribution in [0.15, 0.2) is 23.5 Å². The van der Waals surface area contributed by atoms with Crippen LogP contribution in [0.2, 0.25) is 0 Å². The summed E-state index contributed by atoms with van der Waals surface area (Å²) in [5, 5.41) is 10.8. The number of hydrogen-bond acceptors (Lipinski definition) is 3. The lowest BCUT2D eigenvalue weighted by Gasteiger charge is -2.23. The highest BCUT2D eigenvalue weighted by atomic mass is 127. The van der Waals surface area contributed by atoms with E-state index in [0.29, 0.717) is 0 Å². The minimum absolute atomic E-state index is 0. The van der Waals surface area contributed by atoms with E-state index >= 15 is 0 Å². The first kappa shape index (κ1) is 19.6. The van der Waals surface area contributed by atoms with Crippen LogP contribution in [0.4, 0.5) is 0 Å². The van der Waals surface area contributed by atoms with E-state index in [1.54, 1.807) is 13.2 Å². The molecule has 1 aromatic rings. The third-order valence-electron chi connectivity index (χ3n) is 2.87. The Morgan fingerprint density at radius 1 is 1.40 bits per heavy atom. The molecule has 0 radical (unpaired) electrons. The fourth-order valence-corrected chi connectivity index (χ4v) is 1.69. The number of hydrogen-bond donors (Lipinski definition) is 2. The van der Waals surface area contributed by atoms with Crippen molar-refractivity contribution >= 4 is 41.7 Å². The summed E-state index contributed by atoms with van der Waals surface area (Å²) in [6, 6.07) is 1.94. The van der Waals surface area contributed by atoms with Crippen molar-refractivity contribution in [3.05, 3.63) is 18.5 Å². The van der Waals surface area contributed by atoms with Crippen molar-refractivity contribution in [1.29, 1.82) is 0 Å². The summed E-state index contributed by atoms with van der Waals surface area (Å²) in [4.78, 5) is 4.22. The van der Waals surface area contributed by atoms with E-state index in [-0.39, 0.29) is 28.7 Å². The molecule has 116 valence electrons. The average molecular weight is 411 g/mol. The molecule has 0 amide bonds. The van der Waals surface area contributed by atoms with Crippen LogP contribution < -0.4 is 10.6 Å². The maximum absolute atomic E-state index is 4.22. The van der Waals surface area contributed by atoms with Gasteiger partial charge in [0.25, 0.3) is 0 Å². The number of thioether (sulfide) groups is 1. The topological polar surface area (TPSA) is 54.2 Å². The fourth-order valence-electron chi connectivity index (χ4n) is 1.47. The minimum atomic E-state index is 0. The molecule has 5 nitrogen and oxygen atoms in total. The Balaban J connectivity index is 0.00000361. The molecule has 0 aliphatic rings. The van der Waals surface area contributed by atoms with Gasteiger partial charge in [0.05, 0.1) is 0 Å². The first-order valence-corrected chi connectivity index (χ1v) is 7.77. The van der Waals surface area contributed by atoms with Crippen molar-refractivity contribution in [1.82, 2.24) is 20.4 Å². The fraction of sp³-hybridized carbons (Fsp3) is 0.692. The Morgan fingerprint density at radius 3 is 2.70 bits per heavy atom.